The molecule has 0 bridgehead atoms. The average molecular weight is 360 g/mol. The van der Waals surface area contributed by atoms with Crippen molar-refractivity contribution in [3.8, 4) is 0 Å². The van der Waals surface area contributed by atoms with E-state index in [4.69, 9.17) is 24.4 Å². The van der Waals surface area contributed by atoms with Gasteiger partial charge in [-0.2, -0.15) is 12.6 Å². The van der Waals surface area contributed by atoms with Crippen molar-refractivity contribution in [1.82, 2.24) is 0 Å². The molecule has 8 atom stereocenters. The standard InChI is InChI=1S/C12H24O10S/c1-4(5(2-13)21-11(19)10(17)18)20-12-9(16)8(15)7(14)6(3-23)22-12/h4-19,23H,2-3H2,1H3. The van der Waals surface area contributed by atoms with Crippen LogP contribution in [-0.2, 0) is 14.2 Å². The fourth-order valence-electron chi connectivity index (χ4n) is 2.03. The summed E-state index contributed by atoms with van der Waals surface area (Å²) in [6, 6.07) is 0. The van der Waals surface area contributed by atoms with E-state index in [1.165, 1.54) is 6.92 Å². The van der Waals surface area contributed by atoms with Gasteiger partial charge in [0.2, 0.25) is 12.6 Å². The summed E-state index contributed by atoms with van der Waals surface area (Å²) in [6.45, 7) is 0.787. The third-order valence-corrected chi connectivity index (χ3v) is 3.83. The zero-order valence-electron chi connectivity index (χ0n) is 12.4. The molecule has 1 aliphatic rings. The van der Waals surface area contributed by atoms with Gasteiger partial charge in [0.1, 0.15) is 24.4 Å². The summed E-state index contributed by atoms with van der Waals surface area (Å²) >= 11 is 3.96. The Balaban J connectivity index is 2.67. The lowest BCUT2D eigenvalue weighted by Gasteiger charge is -2.41. The second-order valence-electron chi connectivity index (χ2n) is 5.20. The molecule has 11 heteroatoms. The van der Waals surface area contributed by atoms with Crippen LogP contribution in [0, 0.1) is 0 Å². The molecule has 7 N–H and O–H groups in total. The van der Waals surface area contributed by atoms with Gasteiger partial charge in [-0.1, -0.05) is 0 Å². The van der Waals surface area contributed by atoms with Crippen molar-refractivity contribution in [2.24, 2.45) is 0 Å². The highest BCUT2D eigenvalue weighted by atomic mass is 32.1. The average Bonchev–Trinajstić information content (AvgIpc) is 2.52. The number of rotatable bonds is 8. The SMILES string of the molecule is CC(OC1OC(CS)C(O)C(O)C1O)C(CO)OC(O)C(O)O. The molecular weight excluding hydrogens is 336 g/mol. The van der Waals surface area contributed by atoms with Crippen molar-refractivity contribution in [2.75, 3.05) is 12.4 Å². The van der Waals surface area contributed by atoms with Gasteiger partial charge in [0.05, 0.1) is 18.8 Å². The molecule has 0 aromatic heterocycles. The molecule has 1 aliphatic heterocycles. The van der Waals surface area contributed by atoms with Crippen molar-refractivity contribution in [3.05, 3.63) is 0 Å². The highest BCUT2D eigenvalue weighted by Crippen LogP contribution is 2.24. The third kappa shape index (κ3) is 5.47. The Morgan fingerprint density at radius 3 is 2.17 bits per heavy atom. The maximum absolute atomic E-state index is 9.88. The van der Waals surface area contributed by atoms with E-state index in [1.54, 1.807) is 0 Å². The van der Waals surface area contributed by atoms with Crippen LogP contribution in [-0.4, -0.2) is 104 Å². The van der Waals surface area contributed by atoms with Crippen molar-refractivity contribution >= 4 is 12.6 Å². The first-order valence-electron chi connectivity index (χ1n) is 6.99. The van der Waals surface area contributed by atoms with Crippen LogP contribution in [0.4, 0.5) is 0 Å². The summed E-state index contributed by atoms with van der Waals surface area (Å²) in [5, 5.41) is 65.3. The number of aliphatic hydroxyl groups excluding tert-OH is 6. The molecule has 1 rings (SSSR count). The molecule has 0 aliphatic carbocycles. The number of ether oxygens (including phenoxy) is 3. The highest BCUT2D eigenvalue weighted by Gasteiger charge is 2.44. The number of hydrogen-bond donors (Lipinski definition) is 8. The van der Waals surface area contributed by atoms with Gasteiger partial charge in [0, 0.05) is 5.75 Å². The normalized spacial score (nSPS) is 36.0. The van der Waals surface area contributed by atoms with Crippen molar-refractivity contribution in [3.63, 3.8) is 0 Å². The van der Waals surface area contributed by atoms with Gasteiger partial charge >= 0.3 is 0 Å². The smallest absolute Gasteiger partial charge is 0.206 e. The molecule has 0 spiro atoms. The van der Waals surface area contributed by atoms with Crippen molar-refractivity contribution in [2.45, 2.75) is 62.4 Å². The van der Waals surface area contributed by atoms with E-state index in [1.807, 2.05) is 0 Å². The van der Waals surface area contributed by atoms with Crippen LogP contribution < -0.4 is 0 Å². The van der Waals surface area contributed by atoms with Crippen LogP contribution in [0.3, 0.4) is 0 Å². The molecule has 0 saturated carbocycles. The van der Waals surface area contributed by atoms with E-state index in [0.717, 1.165) is 0 Å². The summed E-state index contributed by atoms with van der Waals surface area (Å²) in [5.74, 6) is 0.0640. The molecule has 138 valence electrons. The molecule has 8 unspecified atom stereocenters. The van der Waals surface area contributed by atoms with E-state index in [-0.39, 0.29) is 5.75 Å². The zero-order chi connectivity index (χ0) is 17.7. The highest BCUT2D eigenvalue weighted by molar-refractivity contribution is 7.80. The summed E-state index contributed by atoms with van der Waals surface area (Å²) in [7, 11) is 0. The van der Waals surface area contributed by atoms with Crippen molar-refractivity contribution < 1.29 is 50.0 Å². The molecule has 10 nitrogen and oxygen atoms in total. The first kappa shape index (κ1) is 21.0. The molecule has 0 radical (unpaired) electrons. The quantitative estimate of drug-likeness (QED) is 0.158. The van der Waals surface area contributed by atoms with Gasteiger partial charge in [-0.05, 0) is 6.92 Å². The summed E-state index contributed by atoms with van der Waals surface area (Å²) in [5.41, 5.74) is 0. The Morgan fingerprint density at radius 2 is 1.70 bits per heavy atom. The molecule has 1 saturated heterocycles. The van der Waals surface area contributed by atoms with Gasteiger partial charge in [-0.15, -0.1) is 0 Å². The maximum Gasteiger partial charge on any atom is 0.206 e. The second kappa shape index (κ2) is 9.44. The van der Waals surface area contributed by atoms with Crippen LogP contribution in [0.5, 0.6) is 0 Å². The monoisotopic (exact) mass is 360 g/mol. The minimum absolute atomic E-state index is 0.0640. The number of hydrogen-bond acceptors (Lipinski definition) is 11. The molecule has 0 aromatic carbocycles. The topological polar surface area (TPSA) is 169 Å². The van der Waals surface area contributed by atoms with Gasteiger partial charge in [-0.25, -0.2) is 0 Å². The molecular formula is C12H24O10S. The molecule has 0 amide bonds. The second-order valence-corrected chi connectivity index (χ2v) is 5.56. The Morgan fingerprint density at radius 1 is 1.09 bits per heavy atom. The van der Waals surface area contributed by atoms with Gasteiger partial charge in [0.25, 0.3) is 0 Å². The summed E-state index contributed by atoms with van der Waals surface area (Å²) < 4.78 is 15.5. The lowest BCUT2D eigenvalue weighted by Crippen LogP contribution is -2.59. The first-order valence-corrected chi connectivity index (χ1v) is 7.62. The Labute approximate surface area is 138 Å². The summed E-state index contributed by atoms with van der Waals surface area (Å²) in [6.07, 6.45) is -12.9. The third-order valence-electron chi connectivity index (χ3n) is 3.47. The van der Waals surface area contributed by atoms with E-state index in [2.05, 4.69) is 12.6 Å². The van der Waals surface area contributed by atoms with E-state index in [9.17, 15) is 25.5 Å². The van der Waals surface area contributed by atoms with E-state index >= 15 is 0 Å². The lowest BCUT2D eigenvalue weighted by atomic mass is 10.00. The lowest BCUT2D eigenvalue weighted by molar-refractivity contribution is -0.321. The first-order chi connectivity index (χ1) is 10.7. The Hall–Kier alpha value is -0.0500. The van der Waals surface area contributed by atoms with Crippen LogP contribution in [0.1, 0.15) is 6.92 Å². The number of aliphatic hydroxyl groups is 7. The van der Waals surface area contributed by atoms with E-state index in [0.29, 0.717) is 0 Å². The summed E-state index contributed by atoms with van der Waals surface area (Å²) in [4.78, 5) is 0. The molecule has 0 aromatic rings. The fraction of sp³-hybridized carbons (Fsp3) is 1.00. The Kier molecular flexibility index (Phi) is 8.61. The van der Waals surface area contributed by atoms with Gasteiger partial charge < -0.3 is 50.0 Å². The minimum Gasteiger partial charge on any atom is -0.394 e. The Bertz CT molecular complexity index is 344. The zero-order valence-corrected chi connectivity index (χ0v) is 13.3. The predicted octanol–water partition coefficient (Wildman–Crippen LogP) is -3.86. The largest absolute Gasteiger partial charge is 0.394 e. The fourth-order valence-corrected chi connectivity index (χ4v) is 2.33. The molecule has 1 heterocycles. The van der Waals surface area contributed by atoms with Crippen molar-refractivity contribution in [1.29, 1.82) is 0 Å². The van der Waals surface area contributed by atoms with Crippen LogP contribution in [0.15, 0.2) is 0 Å². The van der Waals surface area contributed by atoms with Gasteiger partial charge in [0.15, 0.2) is 6.29 Å². The van der Waals surface area contributed by atoms with E-state index < -0.39 is 62.1 Å². The van der Waals surface area contributed by atoms with Crippen LogP contribution in [0.25, 0.3) is 0 Å². The maximum atomic E-state index is 9.88. The number of thiol groups is 1. The minimum atomic E-state index is -2.17. The molecule has 23 heavy (non-hydrogen) atoms. The predicted molar refractivity (Wildman–Crippen MR) is 77.3 cm³/mol. The molecule has 1 fully saturated rings. The van der Waals surface area contributed by atoms with Crippen LogP contribution in [0.2, 0.25) is 0 Å². The van der Waals surface area contributed by atoms with Crippen LogP contribution >= 0.6 is 12.6 Å². The van der Waals surface area contributed by atoms with Gasteiger partial charge in [-0.3, -0.25) is 0 Å².